The van der Waals surface area contributed by atoms with Gasteiger partial charge in [0.25, 0.3) is 5.91 Å². The molecule has 0 aliphatic heterocycles. The average Bonchev–Trinajstić information content (AvgIpc) is 2.71. The van der Waals surface area contributed by atoms with E-state index in [4.69, 9.17) is 0 Å². The van der Waals surface area contributed by atoms with Gasteiger partial charge in [-0.15, -0.1) is 0 Å². The molecule has 2 rings (SSSR count). The number of pyridine rings is 1. The maximum atomic E-state index is 12.5. The number of hydrogen-bond acceptors (Lipinski definition) is 4. The maximum Gasteiger partial charge on any atom is 0.252 e. The van der Waals surface area contributed by atoms with E-state index in [1.807, 2.05) is 34.7 Å². The molecule has 0 radical (unpaired) electrons. The van der Waals surface area contributed by atoms with E-state index >= 15 is 0 Å². The fourth-order valence-electron chi connectivity index (χ4n) is 2.33. The summed E-state index contributed by atoms with van der Waals surface area (Å²) in [5.41, 5.74) is 2.85. The fraction of sp³-hybridized carbons (Fsp3) is 0.533. The standard InChI is InChI=1S/C15H22N4O2/c1-8(7-20)10(3)17-15(21)12-6-9(2)16-14-13(12)11(4)18-19(14)5/h6,8,10,20H,7H2,1-5H3,(H,17,21). The fourth-order valence-corrected chi connectivity index (χ4v) is 2.33. The number of aromatic nitrogens is 3. The molecular formula is C15H22N4O2. The average molecular weight is 290 g/mol. The summed E-state index contributed by atoms with van der Waals surface area (Å²) in [6.45, 7) is 7.56. The van der Waals surface area contributed by atoms with E-state index in [1.54, 1.807) is 10.7 Å². The molecule has 0 fully saturated rings. The molecule has 2 aromatic rings. The largest absolute Gasteiger partial charge is 0.396 e. The lowest BCUT2D eigenvalue weighted by molar-refractivity contribution is 0.0917. The van der Waals surface area contributed by atoms with Gasteiger partial charge in [-0.3, -0.25) is 9.48 Å². The molecular weight excluding hydrogens is 268 g/mol. The number of aliphatic hydroxyl groups excluding tert-OH is 1. The highest BCUT2D eigenvalue weighted by Gasteiger charge is 2.20. The molecule has 0 saturated heterocycles. The molecule has 0 aromatic carbocycles. The third kappa shape index (κ3) is 2.90. The highest BCUT2D eigenvalue weighted by molar-refractivity contribution is 6.06. The van der Waals surface area contributed by atoms with Crippen LogP contribution in [-0.2, 0) is 7.05 Å². The number of nitrogens with one attached hydrogen (secondary N) is 1. The third-order valence-electron chi connectivity index (χ3n) is 3.84. The van der Waals surface area contributed by atoms with Crippen LogP contribution < -0.4 is 5.32 Å². The SMILES string of the molecule is Cc1cc(C(=O)NC(C)C(C)CO)c2c(C)nn(C)c2n1. The Hall–Kier alpha value is -1.95. The van der Waals surface area contributed by atoms with Crippen LogP contribution in [0.2, 0.25) is 0 Å². The Morgan fingerprint density at radius 1 is 1.43 bits per heavy atom. The summed E-state index contributed by atoms with van der Waals surface area (Å²) in [6.07, 6.45) is 0. The summed E-state index contributed by atoms with van der Waals surface area (Å²) in [6, 6.07) is 1.67. The molecule has 2 atom stereocenters. The number of aryl methyl sites for hydroxylation is 3. The molecule has 2 unspecified atom stereocenters. The third-order valence-corrected chi connectivity index (χ3v) is 3.84. The molecule has 2 heterocycles. The smallest absolute Gasteiger partial charge is 0.252 e. The molecule has 1 amide bonds. The van der Waals surface area contributed by atoms with Crippen LogP contribution in [0.5, 0.6) is 0 Å². The summed E-state index contributed by atoms with van der Waals surface area (Å²) in [7, 11) is 1.82. The van der Waals surface area contributed by atoms with Crippen LogP contribution in [-0.4, -0.2) is 38.4 Å². The highest BCUT2D eigenvalue weighted by Crippen LogP contribution is 2.21. The Balaban J connectivity index is 2.44. The van der Waals surface area contributed by atoms with Crippen molar-refractivity contribution in [3.63, 3.8) is 0 Å². The molecule has 0 aliphatic rings. The van der Waals surface area contributed by atoms with Gasteiger partial charge in [-0.05, 0) is 32.8 Å². The number of carbonyl (C=O) groups is 1. The summed E-state index contributed by atoms with van der Waals surface area (Å²) >= 11 is 0. The Morgan fingerprint density at radius 3 is 2.71 bits per heavy atom. The van der Waals surface area contributed by atoms with Crippen molar-refractivity contribution in [3.05, 3.63) is 23.0 Å². The van der Waals surface area contributed by atoms with Crippen LogP contribution in [0.3, 0.4) is 0 Å². The monoisotopic (exact) mass is 290 g/mol. The minimum absolute atomic E-state index is 0.00219. The van der Waals surface area contributed by atoms with Crippen molar-refractivity contribution in [1.82, 2.24) is 20.1 Å². The summed E-state index contributed by atoms with van der Waals surface area (Å²) in [5, 5.41) is 17.2. The number of hydrogen-bond donors (Lipinski definition) is 2. The number of fused-ring (bicyclic) bond motifs is 1. The molecule has 0 spiro atoms. The molecule has 21 heavy (non-hydrogen) atoms. The van der Waals surface area contributed by atoms with Gasteiger partial charge in [0, 0.05) is 25.4 Å². The lowest BCUT2D eigenvalue weighted by atomic mass is 10.0. The van der Waals surface area contributed by atoms with Crippen LogP contribution in [0.1, 0.15) is 35.6 Å². The van der Waals surface area contributed by atoms with Gasteiger partial charge in [0.05, 0.1) is 16.6 Å². The molecule has 0 aliphatic carbocycles. The number of carbonyl (C=O) groups excluding carboxylic acids is 1. The van der Waals surface area contributed by atoms with Gasteiger partial charge in [0.1, 0.15) is 0 Å². The van der Waals surface area contributed by atoms with Crippen molar-refractivity contribution in [1.29, 1.82) is 0 Å². The summed E-state index contributed by atoms with van der Waals surface area (Å²) in [5.74, 6) is -0.156. The summed E-state index contributed by atoms with van der Waals surface area (Å²) in [4.78, 5) is 17.0. The predicted molar refractivity (Wildman–Crippen MR) is 81.2 cm³/mol. The van der Waals surface area contributed by atoms with Gasteiger partial charge in [-0.1, -0.05) is 6.92 Å². The van der Waals surface area contributed by atoms with Crippen LogP contribution in [0, 0.1) is 19.8 Å². The topological polar surface area (TPSA) is 80.0 Å². The molecule has 2 aromatic heterocycles. The van der Waals surface area contributed by atoms with E-state index in [-0.39, 0.29) is 24.5 Å². The van der Waals surface area contributed by atoms with Crippen molar-refractivity contribution in [2.75, 3.05) is 6.61 Å². The zero-order chi connectivity index (χ0) is 15.7. The molecule has 6 heteroatoms. The second-order valence-corrected chi connectivity index (χ2v) is 5.64. The molecule has 0 bridgehead atoms. The lowest BCUT2D eigenvalue weighted by Crippen LogP contribution is -2.38. The Labute approximate surface area is 124 Å². The van der Waals surface area contributed by atoms with Gasteiger partial charge in [-0.2, -0.15) is 5.10 Å². The van der Waals surface area contributed by atoms with E-state index in [1.165, 1.54) is 0 Å². The van der Waals surface area contributed by atoms with Crippen LogP contribution in [0.4, 0.5) is 0 Å². The predicted octanol–water partition coefficient (Wildman–Crippen LogP) is 1.33. The normalized spacial score (nSPS) is 14.2. The van der Waals surface area contributed by atoms with Gasteiger partial charge in [0.15, 0.2) is 5.65 Å². The Bertz CT molecular complexity index is 678. The summed E-state index contributed by atoms with van der Waals surface area (Å²) < 4.78 is 1.69. The van der Waals surface area contributed by atoms with Crippen molar-refractivity contribution in [3.8, 4) is 0 Å². The molecule has 2 N–H and O–H groups in total. The second kappa shape index (κ2) is 5.81. The Morgan fingerprint density at radius 2 is 2.10 bits per heavy atom. The van der Waals surface area contributed by atoms with Gasteiger partial charge < -0.3 is 10.4 Å². The van der Waals surface area contributed by atoms with Gasteiger partial charge in [0.2, 0.25) is 0 Å². The molecule has 114 valence electrons. The lowest BCUT2D eigenvalue weighted by Gasteiger charge is -2.19. The minimum Gasteiger partial charge on any atom is -0.396 e. The van der Waals surface area contributed by atoms with E-state index < -0.39 is 0 Å². The first-order valence-corrected chi connectivity index (χ1v) is 7.07. The number of nitrogens with zero attached hydrogens (tertiary/aromatic N) is 3. The molecule has 6 nitrogen and oxygen atoms in total. The van der Waals surface area contributed by atoms with E-state index in [9.17, 15) is 9.90 Å². The molecule has 0 saturated carbocycles. The van der Waals surface area contributed by atoms with Crippen LogP contribution in [0.25, 0.3) is 11.0 Å². The van der Waals surface area contributed by atoms with E-state index in [2.05, 4.69) is 15.4 Å². The maximum absolute atomic E-state index is 12.5. The first kappa shape index (κ1) is 15.4. The Kier molecular flexibility index (Phi) is 4.27. The second-order valence-electron chi connectivity index (χ2n) is 5.64. The van der Waals surface area contributed by atoms with E-state index in [0.29, 0.717) is 11.2 Å². The number of amides is 1. The van der Waals surface area contributed by atoms with Crippen LogP contribution in [0.15, 0.2) is 6.07 Å². The van der Waals surface area contributed by atoms with Crippen LogP contribution >= 0.6 is 0 Å². The van der Waals surface area contributed by atoms with Crippen molar-refractivity contribution >= 4 is 16.9 Å². The highest BCUT2D eigenvalue weighted by atomic mass is 16.3. The van der Waals surface area contributed by atoms with Crippen molar-refractivity contribution in [2.45, 2.75) is 33.7 Å². The minimum atomic E-state index is -0.158. The first-order chi connectivity index (χ1) is 9.85. The quantitative estimate of drug-likeness (QED) is 0.890. The zero-order valence-corrected chi connectivity index (χ0v) is 13.1. The van der Waals surface area contributed by atoms with Crippen molar-refractivity contribution in [2.24, 2.45) is 13.0 Å². The van der Waals surface area contributed by atoms with Gasteiger partial charge in [-0.25, -0.2) is 4.98 Å². The van der Waals surface area contributed by atoms with Gasteiger partial charge >= 0.3 is 0 Å². The zero-order valence-electron chi connectivity index (χ0n) is 13.1. The van der Waals surface area contributed by atoms with Crippen molar-refractivity contribution < 1.29 is 9.90 Å². The number of rotatable bonds is 4. The van der Waals surface area contributed by atoms with E-state index in [0.717, 1.165) is 16.8 Å². The number of aliphatic hydroxyl groups is 1. The first-order valence-electron chi connectivity index (χ1n) is 7.07.